The summed E-state index contributed by atoms with van der Waals surface area (Å²) in [6.07, 6.45) is 4.64. The van der Waals surface area contributed by atoms with E-state index in [0.29, 0.717) is 6.54 Å². The number of benzene rings is 1. The highest BCUT2D eigenvalue weighted by Crippen LogP contribution is 2.41. The lowest BCUT2D eigenvalue weighted by Gasteiger charge is -2.29. The second-order valence-electron chi connectivity index (χ2n) is 7.37. The lowest BCUT2D eigenvalue weighted by Crippen LogP contribution is -2.43. The molecule has 1 amide bonds. The molecule has 1 saturated carbocycles. The molecule has 116 valence electrons. The molecule has 1 aromatic carbocycles. The zero-order chi connectivity index (χ0) is 15.5. The molecule has 1 N–H and O–H groups in total. The molecule has 0 bridgehead atoms. The van der Waals surface area contributed by atoms with E-state index in [1.807, 2.05) is 6.07 Å². The van der Waals surface area contributed by atoms with E-state index >= 15 is 0 Å². The Morgan fingerprint density at radius 1 is 1.29 bits per heavy atom. The van der Waals surface area contributed by atoms with Gasteiger partial charge in [0.05, 0.1) is 5.41 Å². The SMILES string of the molecule is CC(C)(C)CCNC(=O)C1(c2cccc(F)c2)CCCC1. The lowest BCUT2D eigenvalue weighted by atomic mass is 9.78. The molecule has 21 heavy (non-hydrogen) atoms. The normalized spacial score (nSPS) is 17.7. The van der Waals surface area contributed by atoms with Gasteiger partial charge in [-0.1, -0.05) is 45.7 Å². The first kappa shape index (κ1) is 16.0. The Hall–Kier alpha value is -1.38. The van der Waals surface area contributed by atoms with Crippen LogP contribution in [0.1, 0.15) is 58.4 Å². The Bertz CT molecular complexity index is 498. The van der Waals surface area contributed by atoms with E-state index in [0.717, 1.165) is 37.7 Å². The van der Waals surface area contributed by atoms with Crippen molar-refractivity contribution in [2.45, 2.75) is 58.3 Å². The van der Waals surface area contributed by atoms with Crippen molar-refractivity contribution in [2.24, 2.45) is 5.41 Å². The minimum atomic E-state index is -0.528. The Morgan fingerprint density at radius 3 is 2.52 bits per heavy atom. The molecular formula is C18H26FNO. The fourth-order valence-electron chi connectivity index (χ4n) is 3.13. The Labute approximate surface area is 127 Å². The lowest BCUT2D eigenvalue weighted by molar-refractivity contribution is -0.126. The van der Waals surface area contributed by atoms with Gasteiger partial charge < -0.3 is 5.32 Å². The summed E-state index contributed by atoms with van der Waals surface area (Å²) in [5.41, 5.74) is 0.503. The van der Waals surface area contributed by atoms with Gasteiger partial charge in [0.1, 0.15) is 5.82 Å². The van der Waals surface area contributed by atoms with Crippen LogP contribution in [0.5, 0.6) is 0 Å². The minimum Gasteiger partial charge on any atom is -0.355 e. The van der Waals surface area contributed by atoms with Gasteiger partial charge in [0.2, 0.25) is 5.91 Å². The number of carbonyl (C=O) groups is 1. The summed E-state index contributed by atoms with van der Waals surface area (Å²) in [7, 11) is 0. The molecule has 3 heteroatoms. The van der Waals surface area contributed by atoms with Crippen molar-refractivity contribution in [1.29, 1.82) is 0 Å². The number of hydrogen-bond acceptors (Lipinski definition) is 1. The van der Waals surface area contributed by atoms with Crippen LogP contribution in [0.15, 0.2) is 24.3 Å². The average molecular weight is 291 g/mol. The molecule has 0 radical (unpaired) electrons. The molecule has 0 aromatic heterocycles. The summed E-state index contributed by atoms with van der Waals surface area (Å²) in [5, 5.41) is 3.08. The molecule has 1 fully saturated rings. The molecule has 1 aliphatic carbocycles. The number of hydrogen-bond donors (Lipinski definition) is 1. The van der Waals surface area contributed by atoms with Gasteiger partial charge in [-0.3, -0.25) is 4.79 Å². The molecule has 0 unspecified atom stereocenters. The quantitative estimate of drug-likeness (QED) is 0.885. The Balaban J connectivity index is 2.13. The number of halogens is 1. The van der Waals surface area contributed by atoms with Gasteiger partial charge >= 0.3 is 0 Å². The van der Waals surface area contributed by atoms with E-state index in [4.69, 9.17) is 0 Å². The maximum Gasteiger partial charge on any atom is 0.230 e. The van der Waals surface area contributed by atoms with E-state index in [9.17, 15) is 9.18 Å². The van der Waals surface area contributed by atoms with E-state index < -0.39 is 5.41 Å². The van der Waals surface area contributed by atoms with Crippen LogP contribution in [0, 0.1) is 11.2 Å². The number of carbonyl (C=O) groups excluding carboxylic acids is 1. The molecule has 0 aliphatic heterocycles. The van der Waals surface area contributed by atoms with Gasteiger partial charge in [0.25, 0.3) is 0 Å². The third-order valence-corrected chi connectivity index (χ3v) is 4.43. The highest BCUT2D eigenvalue weighted by molar-refractivity contribution is 5.88. The second kappa shape index (κ2) is 6.17. The highest BCUT2D eigenvalue weighted by Gasteiger charge is 2.42. The monoisotopic (exact) mass is 291 g/mol. The molecule has 1 aromatic rings. The molecule has 0 spiro atoms. The van der Waals surface area contributed by atoms with Crippen LogP contribution in [-0.2, 0) is 10.2 Å². The average Bonchev–Trinajstić information content (AvgIpc) is 2.87. The summed E-state index contributed by atoms with van der Waals surface area (Å²) in [6.45, 7) is 7.17. The van der Waals surface area contributed by atoms with Gasteiger partial charge in [-0.2, -0.15) is 0 Å². The van der Waals surface area contributed by atoms with Gasteiger partial charge in [-0.25, -0.2) is 4.39 Å². The number of rotatable bonds is 4. The summed E-state index contributed by atoms with van der Waals surface area (Å²) in [6, 6.07) is 6.54. The molecule has 2 nitrogen and oxygen atoms in total. The van der Waals surface area contributed by atoms with Crippen LogP contribution in [0.3, 0.4) is 0 Å². The number of nitrogens with one attached hydrogen (secondary N) is 1. The van der Waals surface area contributed by atoms with Crippen molar-refractivity contribution in [3.8, 4) is 0 Å². The standard InChI is InChI=1S/C18H26FNO/c1-17(2,3)11-12-20-16(21)18(9-4-5-10-18)14-7-6-8-15(19)13-14/h6-8,13H,4-5,9-12H2,1-3H3,(H,20,21). The Kier molecular flexibility index (Phi) is 4.70. The van der Waals surface area contributed by atoms with E-state index in [2.05, 4.69) is 26.1 Å². The summed E-state index contributed by atoms with van der Waals surface area (Å²) >= 11 is 0. The van der Waals surface area contributed by atoms with Gasteiger partial charge in [-0.15, -0.1) is 0 Å². The second-order valence-corrected chi connectivity index (χ2v) is 7.37. The minimum absolute atomic E-state index is 0.0647. The predicted octanol–water partition coefficient (Wildman–Crippen LogP) is 4.19. The zero-order valence-corrected chi connectivity index (χ0v) is 13.3. The van der Waals surface area contributed by atoms with Gasteiger partial charge in [-0.05, 0) is 42.4 Å². The third-order valence-electron chi connectivity index (χ3n) is 4.43. The van der Waals surface area contributed by atoms with Crippen LogP contribution >= 0.6 is 0 Å². The first-order valence-electron chi connectivity index (χ1n) is 7.88. The molecule has 0 saturated heterocycles. The van der Waals surface area contributed by atoms with Crippen LogP contribution in [0.2, 0.25) is 0 Å². The van der Waals surface area contributed by atoms with Crippen molar-refractivity contribution in [3.63, 3.8) is 0 Å². The molecule has 0 atom stereocenters. The van der Waals surface area contributed by atoms with E-state index in [1.54, 1.807) is 6.07 Å². The van der Waals surface area contributed by atoms with Crippen molar-refractivity contribution in [3.05, 3.63) is 35.6 Å². The molecule has 0 heterocycles. The van der Waals surface area contributed by atoms with Crippen LogP contribution in [0.4, 0.5) is 4.39 Å². The molecular weight excluding hydrogens is 265 g/mol. The topological polar surface area (TPSA) is 29.1 Å². The molecule has 1 aliphatic rings. The van der Waals surface area contributed by atoms with Crippen molar-refractivity contribution >= 4 is 5.91 Å². The Morgan fingerprint density at radius 2 is 1.95 bits per heavy atom. The van der Waals surface area contributed by atoms with Crippen LogP contribution in [0.25, 0.3) is 0 Å². The van der Waals surface area contributed by atoms with Gasteiger partial charge in [0.15, 0.2) is 0 Å². The van der Waals surface area contributed by atoms with E-state index in [1.165, 1.54) is 12.1 Å². The highest BCUT2D eigenvalue weighted by atomic mass is 19.1. The van der Waals surface area contributed by atoms with Crippen LogP contribution < -0.4 is 5.32 Å². The fraction of sp³-hybridized carbons (Fsp3) is 0.611. The molecule has 2 rings (SSSR count). The first-order valence-corrected chi connectivity index (χ1v) is 7.88. The fourth-order valence-corrected chi connectivity index (χ4v) is 3.13. The van der Waals surface area contributed by atoms with Gasteiger partial charge in [0, 0.05) is 6.54 Å². The summed E-state index contributed by atoms with van der Waals surface area (Å²) in [5.74, 6) is -0.198. The van der Waals surface area contributed by atoms with Crippen molar-refractivity contribution < 1.29 is 9.18 Å². The summed E-state index contributed by atoms with van der Waals surface area (Å²) in [4.78, 5) is 12.7. The maximum absolute atomic E-state index is 13.5. The number of amides is 1. The largest absolute Gasteiger partial charge is 0.355 e. The smallest absolute Gasteiger partial charge is 0.230 e. The van der Waals surface area contributed by atoms with E-state index in [-0.39, 0.29) is 17.1 Å². The maximum atomic E-state index is 13.5. The van der Waals surface area contributed by atoms with Crippen molar-refractivity contribution in [2.75, 3.05) is 6.54 Å². The van der Waals surface area contributed by atoms with Crippen LogP contribution in [-0.4, -0.2) is 12.5 Å². The first-order chi connectivity index (χ1) is 9.83. The summed E-state index contributed by atoms with van der Waals surface area (Å²) < 4.78 is 13.5. The third kappa shape index (κ3) is 3.84. The predicted molar refractivity (Wildman–Crippen MR) is 83.6 cm³/mol. The van der Waals surface area contributed by atoms with Crippen molar-refractivity contribution in [1.82, 2.24) is 5.32 Å². The zero-order valence-electron chi connectivity index (χ0n) is 13.3.